The van der Waals surface area contributed by atoms with E-state index in [1.54, 1.807) is 0 Å². The fourth-order valence-corrected chi connectivity index (χ4v) is 1.24. The first-order valence-corrected chi connectivity index (χ1v) is 3.46. The van der Waals surface area contributed by atoms with Gasteiger partial charge in [0.2, 0.25) is 0 Å². The number of hydrogen-bond donors (Lipinski definition) is 2. The lowest BCUT2D eigenvalue weighted by molar-refractivity contribution is 0.239. The third-order valence-electron chi connectivity index (χ3n) is 2.13. The summed E-state index contributed by atoms with van der Waals surface area (Å²) in [6.45, 7) is 0. The topological polar surface area (TPSA) is 67.6 Å². The number of hydrogen-bond acceptors (Lipinski definition) is 3. The fraction of sp³-hybridized carbons (Fsp3) is 0.667. The van der Waals surface area contributed by atoms with Gasteiger partial charge in [-0.1, -0.05) is 0 Å². The Morgan fingerprint density at radius 3 is 2.80 bits per heavy atom. The van der Waals surface area contributed by atoms with Gasteiger partial charge in [-0.2, -0.15) is 5.10 Å². The monoisotopic (exact) mass is 138 g/mol. The maximum Gasteiger partial charge on any atom is 0.144 e. The summed E-state index contributed by atoms with van der Waals surface area (Å²) in [6.07, 6.45) is 4.77. The van der Waals surface area contributed by atoms with E-state index in [0.29, 0.717) is 0 Å². The summed E-state index contributed by atoms with van der Waals surface area (Å²) in [5.74, 6) is 0.832. The van der Waals surface area contributed by atoms with Crippen LogP contribution in [0.25, 0.3) is 0 Å². The quantitative estimate of drug-likeness (QED) is 0.580. The van der Waals surface area contributed by atoms with Crippen LogP contribution in [0.2, 0.25) is 0 Å². The maximum atomic E-state index is 5.93. The number of nitrogens with zero attached hydrogens (tertiary/aromatic N) is 2. The molecule has 0 atom stereocenters. The van der Waals surface area contributed by atoms with Gasteiger partial charge in [0, 0.05) is 0 Å². The van der Waals surface area contributed by atoms with Crippen molar-refractivity contribution in [3.05, 3.63) is 12.2 Å². The summed E-state index contributed by atoms with van der Waals surface area (Å²) in [6, 6.07) is 0. The summed E-state index contributed by atoms with van der Waals surface area (Å²) in [5, 5.41) is 6.55. The molecule has 3 N–H and O–H groups in total. The number of nitrogens with one attached hydrogen (secondary N) is 1. The van der Waals surface area contributed by atoms with Crippen LogP contribution in [-0.4, -0.2) is 15.2 Å². The van der Waals surface area contributed by atoms with Crippen molar-refractivity contribution in [2.45, 2.75) is 24.8 Å². The highest BCUT2D eigenvalue weighted by molar-refractivity contribution is 5.07. The van der Waals surface area contributed by atoms with Crippen LogP contribution in [0.15, 0.2) is 6.33 Å². The Balaban J connectivity index is 2.27. The summed E-state index contributed by atoms with van der Waals surface area (Å²) < 4.78 is 0. The number of aromatic amines is 1. The van der Waals surface area contributed by atoms with Gasteiger partial charge in [0.05, 0.1) is 5.54 Å². The van der Waals surface area contributed by atoms with Crippen molar-refractivity contribution in [2.75, 3.05) is 0 Å². The molecule has 1 fully saturated rings. The number of rotatable bonds is 1. The molecule has 1 saturated carbocycles. The lowest BCUT2D eigenvalue weighted by Gasteiger charge is -2.35. The second kappa shape index (κ2) is 1.79. The third kappa shape index (κ3) is 0.654. The van der Waals surface area contributed by atoms with Gasteiger partial charge in [0.25, 0.3) is 0 Å². The van der Waals surface area contributed by atoms with E-state index in [-0.39, 0.29) is 5.54 Å². The van der Waals surface area contributed by atoms with E-state index < -0.39 is 0 Å². The molecule has 0 unspecified atom stereocenters. The predicted molar refractivity (Wildman–Crippen MR) is 36.1 cm³/mol. The highest BCUT2D eigenvalue weighted by Gasteiger charge is 2.36. The molecular weight excluding hydrogens is 128 g/mol. The van der Waals surface area contributed by atoms with Crippen LogP contribution in [0.3, 0.4) is 0 Å². The first kappa shape index (κ1) is 5.85. The van der Waals surface area contributed by atoms with Crippen molar-refractivity contribution in [1.29, 1.82) is 0 Å². The van der Waals surface area contributed by atoms with Gasteiger partial charge in [-0.15, -0.1) is 0 Å². The Hall–Kier alpha value is -0.900. The predicted octanol–water partition coefficient (Wildman–Crippen LogP) is 0.143. The van der Waals surface area contributed by atoms with Crippen molar-refractivity contribution in [3.63, 3.8) is 0 Å². The highest BCUT2D eigenvalue weighted by atomic mass is 15.2. The zero-order valence-electron chi connectivity index (χ0n) is 5.67. The molecule has 1 aromatic heterocycles. The van der Waals surface area contributed by atoms with E-state index >= 15 is 0 Å². The number of H-pyrrole nitrogens is 1. The summed E-state index contributed by atoms with van der Waals surface area (Å²) in [5.41, 5.74) is 5.75. The van der Waals surface area contributed by atoms with E-state index in [2.05, 4.69) is 15.2 Å². The van der Waals surface area contributed by atoms with Crippen LogP contribution in [-0.2, 0) is 5.54 Å². The van der Waals surface area contributed by atoms with Crippen molar-refractivity contribution in [2.24, 2.45) is 5.73 Å². The van der Waals surface area contributed by atoms with Gasteiger partial charge in [0.1, 0.15) is 12.2 Å². The third-order valence-corrected chi connectivity index (χ3v) is 2.13. The molecule has 0 spiro atoms. The van der Waals surface area contributed by atoms with Crippen LogP contribution in [0.1, 0.15) is 25.1 Å². The first-order valence-electron chi connectivity index (χ1n) is 3.46. The van der Waals surface area contributed by atoms with E-state index in [0.717, 1.165) is 18.7 Å². The first-order chi connectivity index (χ1) is 4.81. The van der Waals surface area contributed by atoms with Gasteiger partial charge in [-0.25, -0.2) is 4.98 Å². The molecule has 0 amide bonds. The number of aromatic nitrogens is 3. The zero-order valence-corrected chi connectivity index (χ0v) is 5.67. The molecule has 0 saturated heterocycles. The SMILES string of the molecule is NC1(c2ncn[nH]2)CCC1. The van der Waals surface area contributed by atoms with Crippen molar-refractivity contribution < 1.29 is 0 Å². The molecule has 2 rings (SSSR count). The van der Waals surface area contributed by atoms with Crippen LogP contribution >= 0.6 is 0 Å². The molecule has 4 nitrogen and oxygen atoms in total. The van der Waals surface area contributed by atoms with E-state index in [4.69, 9.17) is 5.73 Å². The fourth-order valence-electron chi connectivity index (χ4n) is 1.24. The Morgan fingerprint density at radius 2 is 2.40 bits per heavy atom. The largest absolute Gasteiger partial charge is 0.319 e. The minimum absolute atomic E-state index is 0.184. The molecule has 0 aromatic carbocycles. The molecule has 0 aliphatic heterocycles. The Morgan fingerprint density at radius 1 is 1.60 bits per heavy atom. The molecule has 10 heavy (non-hydrogen) atoms. The van der Waals surface area contributed by atoms with Crippen molar-refractivity contribution in [1.82, 2.24) is 15.2 Å². The molecule has 4 heteroatoms. The van der Waals surface area contributed by atoms with Crippen LogP contribution < -0.4 is 5.73 Å². The number of nitrogens with two attached hydrogens (primary N) is 1. The molecule has 0 radical (unpaired) electrons. The highest BCUT2D eigenvalue weighted by Crippen LogP contribution is 2.36. The average molecular weight is 138 g/mol. The lowest BCUT2D eigenvalue weighted by Crippen LogP contribution is -2.44. The molecule has 0 bridgehead atoms. The van der Waals surface area contributed by atoms with E-state index in [1.165, 1.54) is 12.7 Å². The van der Waals surface area contributed by atoms with Gasteiger partial charge in [0.15, 0.2) is 0 Å². The molecular formula is C6H10N4. The van der Waals surface area contributed by atoms with E-state index in [9.17, 15) is 0 Å². The average Bonchev–Trinajstić information content (AvgIpc) is 2.33. The summed E-state index contributed by atoms with van der Waals surface area (Å²) in [7, 11) is 0. The Kier molecular flexibility index (Phi) is 1.05. The maximum absolute atomic E-state index is 5.93. The van der Waals surface area contributed by atoms with Crippen LogP contribution in [0.4, 0.5) is 0 Å². The molecule has 1 aliphatic rings. The van der Waals surface area contributed by atoms with Crippen molar-refractivity contribution in [3.8, 4) is 0 Å². The Labute approximate surface area is 58.8 Å². The smallest absolute Gasteiger partial charge is 0.144 e. The summed E-state index contributed by atoms with van der Waals surface area (Å²) >= 11 is 0. The second-order valence-corrected chi connectivity index (χ2v) is 2.84. The van der Waals surface area contributed by atoms with Crippen molar-refractivity contribution >= 4 is 0 Å². The van der Waals surface area contributed by atoms with Gasteiger partial charge < -0.3 is 5.73 Å². The normalized spacial score (nSPS) is 22.1. The minimum Gasteiger partial charge on any atom is -0.319 e. The summed E-state index contributed by atoms with van der Waals surface area (Å²) in [4.78, 5) is 4.02. The zero-order chi connectivity index (χ0) is 7.03. The molecule has 54 valence electrons. The second-order valence-electron chi connectivity index (χ2n) is 2.84. The minimum atomic E-state index is -0.184. The van der Waals surface area contributed by atoms with Crippen LogP contribution in [0.5, 0.6) is 0 Å². The Bertz CT molecular complexity index is 212. The van der Waals surface area contributed by atoms with Gasteiger partial charge in [-0.3, -0.25) is 5.10 Å². The van der Waals surface area contributed by atoms with Crippen LogP contribution in [0, 0.1) is 0 Å². The van der Waals surface area contributed by atoms with Gasteiger partial charge >= 0.3 is 0 Å². The standard InChI is InChI=1S/C6H10N4/c7-6(2-1-3-6)5-8-4-9-10-5/h4H,1-3,7H2,(H,8,9,10). The van der Waals surface area contributed by atoms with E-state index in [1.807, 2.05) is 0 Å². The molecule has 1 heterocycles. The molecule has 1 aliphatic carbocycles. The lowest BCUT2D eigenvalue weighted by atomic mass is 9.77. The molecule has 1 aromatic rings. The van der Waals surface area contributed by atoms with Gasteiger partial charge in [-0.05, 0) is 19.3 Å².